The molecule has 0 aliphatic carbocycles. The number of carbonyl (C=O) groups excluding carboxylic acids is 1. The first-order chi connectivity index (χ1) is 15.7. The van der Waals surface area contributed by atoms with E-state index in [1.54, 1.807) is 25.1 Å². The van der Waals surface area contributed by atoms with Crippen LogP contribution in [0.25, 0.3) is 22.3 Å². The van der Waals surface area contributed by atoms with E-state index in [-0.39, 0.29) is 12.5 Å². The molecule has 33 heavy (non-hydrogen) atoms. The summed E-state index contributed by atoms with van der Waals surface area (Å²) < 4.78 is 43.4. The number of hydrogen-bond acceptors (Lipinski definition) is 7. The number of aromatic nitrogens is 3. The van der Waals surface area contributed by atoms with Gasteiger partial charge in [-0.25, -0.2) is 15.0 Å². The molecule has 1 amide bonds. The molecule has 8 nitrogen and oxygen atoms in total. The fraction of sp³-hybridized carbons (Fsp3) is 0.364. The Bertz CT molecular complexity index is 1120. The number of pyridine rings is 1. The third-order valence-electron chi connectivity index (χ3n) is 5.13. The number of rotatable bonds is 8. The maximum atomic E-state index is 12.9. The summed E-state index contributed by atoms with van der Waals surface area (Å²) in [5.74, 6) is 0.183. The highest BCUT2D eigenvalue weighted by atomic mass is 19.4. The zero-order valence-corrected chi connectivity index (χ0v) is 18.7. The van der Waals surface area contributed by atoms with E-state index in [1.165, 1.54) is 13.4 Å². The lowest BCUT2D eigenvalue weighted by molar-refractivity contribution is -0.216. The molecule has 1 atom stereocenters. The van der Waals surface area contributed by atoms with Crippen molar-refractivity contribution in [1.82, 2.24) is 25.2 Å². The van der Waals surface area contributed by atoms with Crippen molar-refractivity contribution in [2.75, 3.05) is 40.1 Å². The maximum Gasteiger partial charge on any atom is 0.415 e. The molecule has 1 aromatic carbocycles. The van der Waals surface area contributed by atoms with Gasteiger partial charge in [0.15, 0.2) is 11.9 Å². The lowest BCUT2D eigenvalue weighted by atomic mass is 10.0. The molecule has 2 heterocycles. The number of ether oxygens (including phenoxy) is 1. The largest absolute Gasteiger partial charge is 0.415 e. The first-order valence-electron chi connectivity index (χ1n) is 10.1. The van der Waals surface area contributed by atoms with Gasteiger partial charge in [0, 0.05) is 39.9 Å². The number of carbonyl (C=O) groups is 1. The van der Waals surface area contributed by atoms with E-state index in [9.17, 15) is 18.0 Å². The number of benzene rings is 1. The van der Waals surface area contributed by atoms with Crippen molar-refractivity contribution < 1.29 is 22.7 Å². The number of nitrogens with one attached hydrogen (secondary N) is 2. The zero-order valence-electron chi connectivity index (χ0n) is 18.7. The van der Waals surface area contributed by atoms with Crippen LogP contribution in [0.4, 0.5) is 19.0 Å². The van der Waals surface area contributed by atoms with Crippen LogP contribution >= 0.6 is 0 Å². The van der Waals surface area contributed by atoms with Crippen LogP contribution in [-0.4, -0.2) is 72.8 Å². The van der Waals surface area contributed by atoms with Gasteiger partial charge in [-0.3, -0.25) is 9.69 Å². The zero-order chi connectivity index (χ0) is 24.2. The molecule has 0 radical (unpaired) electrons. The average Bonchev–Trinajstić information content (AvgIpc) is 2.80. The number of nitrogens with zero attached hydrogens (tertiary/aromatic N) is 4. The maximum absolute atomic E-state index is 12.9. The fourth-order valence-corrected chi connectivity index (χ4v) is 3.43. The van der Waals surface area contributed by atoms with E-state index in [1.807, 2.05) is 24.3 Å². The molecule has 11 heteroatoms. The monoisotopic (exact) mass is 462 g/mol. The number of methoxy groups -OCH3 is 1. The number of alkyl halides is 3. The topological polar surface area (TPSA) is 92.3 Å². The van der Waals surface area contributed by atoms with Crippen LogP contribution in [-0.2, 0) is 11.3 Å². The minimum atomic E-state index is -4.42. The van der Waals surface area contributed by atoms with Crippen molar-refractivity contribution in [2.24, 2.45) is 0 Å². The highest BCUT2D eigenvalue weighted by Gasteiger charge is 2.40. The molecule has 0 saturated heterocycles. The molecule has 0 aliphatic heterocycles. The SMILES string of the molecule is CNC(=O)c1cc(-c2ccc(CN(C)CC(OC)C(F)(F)F)cc2)nc2c(NC)ncnc12. The Labute approximate surface area is 189 Å². The number of fused-ring (bicyclic) bond motifs is 1. The molecule has 0 spiro atoms. The molecule has 2 aromatic heterocycles. The Morgan fingerprint density at radius 1 is 1.15 bits per heavy atom. The summed E-state index contributed by atoms with van der Waals surface area (Å²) in [6.45, 7) is 0.0267. The quantitative estimate of drug-likeness (QED) is 0.532. The Morgan fingerprint density at radius 2 is 1.85 bits per heavy atom. The molecule has 0 aliphatic rings. The van der Waals surface area contributed by atoms with Gasteiger partial charge in [0.2, 0.25) is 0 Å². The summed E-state index contributed by atoms with van der Waals surface area (Å²) in [6.07, 6.45) is -4.91. The van der Waals surface area contributed by atoms with Crippen LogP contribution in [0.5, 0.6) is 0 Å². The average molecular weight is 462 g/mol. The number of anilines is 1. The second-order valence-corrected chi connectivity index (χ2v) is 7.46. The molecular weight excluding hydrogens is 437 g/mol. The van der Waals surface area contributed by atoms with Gasteiger partial charge in [-0.1, -0.05) is 24.3 Å². The van der Waals surface area contributed by atoms with Gasteiger partial charge in [-0.15, -0.1) is 0 Å². The Balaban J connectivity index is 1.88. The highest BCUT2D eigenvalue weighted by molar-refractivity contribution is 6.07. The van der Waals surface area contributed by atoms with Crippen LogP contribution in [0.15, 0.2) is 36.7 Å². The smallest absolute Gasteiger partial charge is 0.371 e. The number of amides is 1. The lowest BCUT2D eigenvalue weighted by Gasteiger charge is -2.24. The molecule has 3 rings (SSSR count). The van der Waals surface area contributed by atoms with Gasteiger partial charge in [0.1, 0.15) is 17.4 Å². The van der Waals surface area contributed by atoms with Gasteiger partial charge >= 0.3 is 6.18 Å². The van der Waals surface area contributed by atoms with E-state index < -0.39 is 12.3 Å². The van der Waals surface area contributed by atoms with Crippen LogP contribution in [0, 0.1) is 0 Å². The van der Waals surface area contributed by atoms with Crippen LogP contribution in [0.3, 0.4) is 0 Å². The van der Waals surface area contributed by atoms with E-state index >= 15 is 0 Å². The molecule has 176 valence electrons. The Hall–Kier alpha value is -3.31. The minimum absolute atomic E-state index is 0.281. The Morgan fingerprint density at radius 3 is 2.42 bits per heavy atom. The normalized spacial score (nSPS) is 12.7. The van der Waals surface area contributed by atoms with Crippen LogP contribution in [0.2, 0.25) is 0 Å². The van der Waals surface area contributed by atoms with Crippen molar-refractivity contribution in [3.05, 3.63) is 47.8 Å². The fourth-order valence-electron chi connectivity index (χ4n) is 3.43. The minimum Gasteiger partial charge on any atom is -0.371 e. The molecule has 1 unspecified atom stereocenters. The highest BCUT2D eigenvalue weighted by Crippen LogP contribution is 2.27. The van der Waals surface area contributed by atoms with E-state index in [0.717, 1.165) is 18.2 Å². The third-order valence-corrected chi connectivity index (χ3v) is 5.13. The third kappa shape index (κ3) is 5.55. The van der Waals surface area contributed by atoms with Crippen molar-refractivity contribution in [1.29, 1.82) is 0 Å². The summed E-state index contributed by atoms with van der Waals surface area (Å²) >= 11 is 0. The van der Waals surface area contributed by atoms with Gasteiger partial charge in [0.25, 0.3) is 5.91 Å². The number of halogens is 3. The van der Waals surface area contributed by atoms with E-state index in [2.05, 4.69) is 30.3 Å². The molecule has 0 bridgehead atoms. The Kier molecular flexibility index (Phi) is 7.44. The van der Waals surface area contributed by atoms with E-state index in [0.29, 0.717) is 34.7 Å². The summed E-state index contributed by atoms with van der Waals surface area (Å²) in [5.41, 5.74) is 3.35. The van der Waals surface area contributed by atoms with Crippen molar-refractivity contribution in [2.45, 2.75) is 18.8 Å². The van der Waals surface area contributed by atoms with E-state index in [4.69, 9.17) is 0 Å². The summed E-state index contributed by atoms with van der Waals surface area (Å²) in [7, 11) is 5.89. The summed E-state index contributed by atoms with van der Waals surface area (Å²) in [5, 5.41) is 5.56. The molecule has 2 N–H and O–H groups in total. The van der Waals surface area contributed by atoms with Crippen molar-refractivity contribution in [3.63, 3.8) is 0 Å². The van der Waals surface area contributed by atoms with Crippen LogP contribution in [0.1, 0.15) is 15.9 Å². The molecule has 0 saturated carbocycles. The molecule has 3 aromatic rings. The molecule has 0 fully saturated rings. The number of hydrogen-bond donors (Lipinski definition) is 2. The van der Waals surface area contributed by atoms with Crippen LogP contribution < -0.4 is 10.6 Å². The predicted molar refractivity (Wildman–Crippen MR) is 119 cm³/mol. The number of likely N-dealkylation sites (N-methyl/N-ethyl adjacent to an activating group) is 1. The molecular formula is C22H25F3N6O2. The van der Waals surface area contributed by atoms with Crippen molar-refractivity contribution in [3.8, 4) is 11.3 Å². The lowest BCUT2D eigenvalue weighted by Crippen LogP contribution is -2.40. The standard InChI is InChI=1S/C22H25F3N6O2/c1-26-20-19-18(28-12-29-20)15(21(32)27-2)9-16(30-19)14-7-5-13(6-8-14)10-31(3)11-17(33-4)22(23,24)25/h5-9,12,17H,10-11H2,1-4H3,(H,27,32)(H,26,28,29). The first kappa shape index (κ1) is 24.3. The summed E-state index contributed by atoms with van der Waals surface area (Å²) in [6, 6.07) is 8.90. The van der Waals surface area contributed by atoms with Crippen molar-refractivity contribution >= 4 is 22.8 Å². The van der Waals surface area contributed by atoms with Gasteiger partial charge in [0.05, 0.1) is 11.3 Å². The van der Waals surface area contributed by atoms with Gasteiger partial charge < -0.3 is 15.4 Å². The second-order valence-electron chi connectivity index (χ2n) is 7.46. The summed E-state index contributed by atoms with van der Waals surface area (Å²) in [4.78, 5) is 27.0. The predicted octanol–water partition coefficient (Wildman–Crippen LogP) is 3.10. The van der Waals surface area contributed by atoms with Gasteiger partial charge in [-0.05, 0) is 18.7 Å². The first-order valence-corrected chi connectivity index (χ1v) is 10.1. The van der Waals surface area contributed by atoms with Gasteiger partial charge in [-0.2, -0.15) is 13.2 Å². The second kappa shape index (κ2) is 10.1.